The van der Waals surface area contributed by atoms with E-state index in [-0.39, 0.29) is 11.9 Å². The molecule has 5 heteroatoms. The van der Waals surface area contributed by atoms with Gasteiger partial charge in [-0.15, -0.1) is 0 Å². The maximum absolute atomic E-state index is 12.9. The van der Waals surface area contributed by atoms with Crippen molar-refractivity contribution in [3.8, 4) is 11.5 Å². The summed E-state index contributed by atoms with van der Waals surface area (Å²) in [6.07, 6.45) is 1.95. The first-order chi connectivity index (χ1) is 11.1. The molecule has 2 atom stereocenters. The number of likely N-dealkylation sites (tertiary alicyclic amines) is 1. The van der Waals surface area contributed by atoms with Crippen LogP contribution in [0.5, 0.6) is 0 Å². The molecule has 1 aliphatic rings. The molecule has 0 saturated carbocycles. The van der Waals surface area contributed by atoms with Crippen LogP contribution in [0.2, 0.25) is 0 Å². The second-order valence-electron chi connectivity index (χ2n) is 6.32. The van der Waals surface area contributed by atoms with Crippen molar-refractivity contribution in [1.29, 1.82) is 0 Å². The highest BCUT2D eigenvalue weighted by Crippen LogP contribution is 2.27. The molecule has 2 heterocycles. The Morgan fingerprint density at radius 1 is 1.39 bits per heavy atom. The molecule has 0 bridgehead atoms. The Morgan fingerprint density at radius 3 is 2.83 bits per heavy atom. The summed E-state index contributed by atoms with van der Waals surface area (Å²) in [7, 11) is 0. The quantitative estimate of drug-likeness (QED) is 0.945. The van der Waals surface area contributed by atoms with Crippen molar-refractivity contribution < 1.29 is 9.21 Å². The lowest BCUT2D eigenvalue weighted by Gasteiger charge is -2.37. The third-order valence-electron chi connectivity index (χ3n) is 4.52. The SMILES string of the molecule is Cc1nc(-c2ccccc2)oc1C(=O)N1CCC(C)CC1CN. The zero-order valence-corrected chi connectivity index (χ0v) is 13.7. The maximum Gasteiger partial charge on any atom is 0.291 e. The van der Waals surface area contributed by atoms with E-state index in [2.05, 4.69) is 11.9 Å². The Labute approximate surface area is 136 Å². The molecule has 2 aromatic rings. The molecule has 122 valence electrons. The number of benzene rings is 1. The van der Waals surface area contributed by atoms with Gasteiger partial charge in [-0.2, -0.15) is 0 Å². The minimum absolute atomic E-state index is 0.0796. The molecule has 2 N–H and O–H groups in total. The molecular formula is C18H23N3O2. The van der Waals surface area contributed by atoms with Crippen LogP contribution in [0.25, 0.3) is 11.5 Å². The highest BCUT2D eigenvalue weighted by Gasteiger charge is 2.32. The number of amides is 1. The molecule has 1 saturated heterocycles. The number of rotatable bonds is 3. The van der Waals surface area contributed by atoms with Crippen LogP contribution in [0.1, 0.15) is 36.0 Å². The van der Waals surface area contributed by atoms with Crippen LogP contribution in [0.4, 0.5) is 0 Å². The first kappa shape index (κ1) is 15.7. The van der Waals surface area contributed by atoms with Gasteiger partial charge in [0.05, 0.1) is 5.69 Å². The Hall–Kier alpha value is -2.14. The molecule has 5 nitrogen and oxygen atoms in total. The lowest BCUT2D eigenvalue weighted by molar-refractivity contribution is 0.0541. The van der Waals surface area contributed by atoms with E-state index in [0.717, 1.165) is 24.9 Å². The van der Waals surface area contributed by atoms with Gasteiger partial charge in [-0.1, -0.05) is 25.1 Å². The van der Waals surface area contributed by atoms with Crippen LogP contribution in [-0.2, 0) is 0 Å². The van der Waals surface area contributed by atoms with Gasteiger partial charge in [-0.05, 0) is 37.8 Å². The number of carbonyl (C=O) groups excluding carboxylic acids is 1. The fourth-order valence-corrected chi connectivity index (χ4v) is 3.17. The van der Waals surface area contributed by atoms with E-state index in [1.807, 2.05) is 42.2 Å². The van der Waals surface area contributed by atoms with Gasteiger partial charge >= 0.3 is 0 Å². The third kappa shape index (κ3) is 3.15. The highest BCUT2D eigenvalue weighted by molar-refractivity contribution is 5.93. The van der Waals surface area contributed by atoms with Crippen LogP contribution in [0.3, 0.4) is 0 Å². The topological polar surface area (TPSA) is 72.4 Å². The summed E-state index contributed by atoms with van der Waals surface area (Å²) >= 11 is 0. The van der Waals surface area contributed by atoms with Crippen LogP contribution in [0, 0.1) is 12.8 Å². The minimum Gasteiger partial charge on any atom is -0.431 e. The first-order valence-electron chi connectivity index (χ1n) is 8.14. The average molecular weight is 313 g/mol. The first-order valence-corrected chi connectivity index (χ1v) is 8.14. The van der Waals surface area contributed by atoms with Crippen molar-refractivity contribution in [3.63, 3.8) is 0 Å². The zero-order chi connectivity index (χ0) is 16.4. The van der Waals surface area contributed by atoms with Crippen LogP contribution < -0.4 is 5.73 Å². The second-order valence-corrected chi connectivity index (χ2v) is 6.32. The molecule has 23 heavy (non-hydrogen) atoms. The molecular weight excluding hydrogens is 290 g/mol. The number of hydrogen-bond donors (Lipinski definition) is 1. The normalized spacial score (nSPS) is 21.4. The number of carbonyl (C=O) groups is 1. The van der Waals surface area contributed by atoms with Gasteiger partial charge in [-0.3, -0.25) is 4.79 Å². The highest BCUT2D eigenvalue weighted by atomic mass is 16.4. The van der Waals surface area contributed by atoms with Crippen molar-refractivity contribution in [2.45, 2.75) is 32.7 Å². The molecule has 2 unspecified atom stereocenters. The van der Waals surface area contributed by atoms with Crippen molar-refractivity contribution in [2.75, 3.05) is 13.1 Å². The Kier molecular flexibility index (Phi) is 4.48. The van der Waals surface area contributed by atoms with Crippen molar-refractivity contribution in [3.05, 3.63) is 41.8 Å². The summed E-state index contributed by atoms with van der Waals surface area (Å²) in [6.45, 7) is 5.22. The Morgan fingerprint density at radius 2 is 2.13 bits per heavy atom. The van der Waals surface area contributed by atoms with Crippen molar-refractivity contribution >= 4 is 5.91 Å². The smallest absolute Gasteiger partial charge is 0.291 e. The molecule has 1 aliphatic heterocycles. The summed E-state index contributed by atoms with van der Waals surface area (Å²) < 4.78 is 5.79. The maximum atomic E-state index is 12.9. The standard InChI is InChI=1S/C18H23N3O2/c1-12-8-9-21(15(10-12)11-19)18(22)16-13(2)20-17(23-16)14-6-4-3-5-7-14/h3-7,12,15H,8-11,19H2,1-2H3. The van der Waals surface area contributed by atoms with Crippen molar-refractivity contribution in [1.82, 2.24) is 9.88 Å². The van der Waals surface area contributed by atoms with Crippen molar-refractivity contribution in [2.24, 2.45) is 11.7 Å². The van der Waals surface area contributed by atoms with E-state index >= 15 is 0 Å². The van der Waals surface area contributed by atoms with Crippen LogP contribution in [0.15, 0.2) is 34.7 Å². The summed E-state index contributed by atoms with van der Waals surface area (Å²) in [5.41, 5.74) is 7.37. The van der Waals surface area contributed by atoms with Gasteiger partial charge in [0.15, 0.2) is 0 Å². The number of nitrogens with zero attached hydrogens (tertiary/aromatic N) is 2. The van der Waals surface area contributed by atoms with E-state index in [4.69, 9.17) is 10.2 Å². The summed E-state index contributed by atoms with van der Waals surface area (Å²) in [6, 6.07) is 9.71. The number of aryl methyl sites for hydroxylation is 1. The number of nitrogens with two attached hydrogens (primary N) is 1. The number of aromatic nitrogens is 1. The predicted octanol–water partition coefficient (Wildman–Crippen LogP) is 2.85. The summed E-state index contributed by atoms with van der Waals surface area (Å²) in [5, 5.41) is 0. The lowest BCUT2D eigenvalue weighted by Crippen LogP contribution is -2.49. The molecule has 1 aromatic heterocycles. The minimum atomic E-state index is -0.0977. The Balaban J connectivity index is 1.87. The van der Waals surface area contributed by atoms with Gasteiger partial charge < -0.3 is 15.1 Å². The average Bonchev–Trinajstić information content (AvgIpc) is 2.97. The molecule has 3 rings (SSSR count). The molecule has 1 amide bonds. The monoisotopic (exact) mass is 313 g/mol. The fraction of sp³-hybridized carbons (Fsp3) is 0.444. The van der Waals surface area contributed by atoms with Gasteiger partial charge in [0, 0.05) is 24.7 Å². The van der Waals surface area contributed by atoms with Crippen LogP contribution in [-0.4, -0.2) is 34.9 Å². The molecule has 1 aromatic carbocycles. The second kappa shape index (κ2) is 6.54. The van der Waals surface area contributed by atoms with Gasteiger partial charge in [-0.25, -0.2) is 4.98 Å². The molecule has 0 radical (unpaired) electrons. The molecule has 0 aliphatic carbocycles. The molecule has 1 fully saturated rings. The van der Waals surface area contributed by atoms with Gasteiger partial charge in [0.2, 0.25) is 11.7 Å². The largest absolute Gasteiger partial charge is 0.431 e. The third-order valence-corrected chi connectivity index (χ3v) is 4.52. The number of oxazole rings is 1. The van der Waals surface area contributed by atoms with Gasteiger partial charge in [0.25, 0.3) is 5.91 Å². The van der Waals surface area contributed by atoms with Crippen LogP contribution >= 0.6 is 0 Å². The zero-order valence-electron chi connectivity index (χ0n) is 13.7. The van der Waals surface area contributed by atoms with E-state index in [1.54, 1.807) is 0 Å². The van der Waals surface area contributed by atoms with E-state index in [9.17, 15) is 4.79 Å². The number of piperidine rings is 1. The van der Waals surface area contributed by atoms with E-state index < -0.39 is 0 Å². The Bertz CT molecular complexity index is 681. The predicted molar refractivity (Wildman–Crippen MR) is 89.0 cm³/mol. The summed E-state index contributed by atoms with van der Waals surface area (Å²) in [5.74, 6) is 1.32. The number of hydrogen-bond acceptors (Lipinski definition) is 4. The fourth-order valence-electron chi connectivity index (χ4n) is 3.17. The summed E-state index contributed by atoms with van der Waals surface area (Å²) in [4.78, 5) is 19.1. The van der Waals surface area contributed by atoms with E-state index in [0.29, 0.717) is 29.8 Å². The molecule has 0 spiro atoms. The van der Waals surface area contributed by atoms with E-state index in [1.165, 1.54) is 0 Å². The van der Waals surface area contributed by atoms with Gasteiger partial charge in [0.1, 0.15) is 0 Å². The lowest BCUT2D eigenvalue weighted by atomic mass is 9.92.